The van der Waals surface area contributed by atoms with Gasteiger partial charge in [-0.25, -0.2) is 9.97 Å². The molecule has 0 aliphatic rings. The molecule has 6 heteroatoms. The van der Waals surface area contributed by atoms with Crippen LogP contribution >= 0.6 is 0 Å². The van der Waals surface area contributed by atoms with Crippen molar-refractivity contribution in [3.05, 3.63) is 52.5 Å². The highest BCUT2D eigenvalue weighted by molar-refractivity contribution is 5.68. The monoisotopic (exact) mass is 231 g/mol. The van der Waals surface area contributed by atoms with E-state index in [9.17, 15) is 10.1 Å². The van der Waals surface area contributed by atoms with Crippen molar-refractivity contribution in [3.63, 3.8) is 0 Å². The zero-order valence-corrected chi connectivity index (χ0v) is 8.78. The number of aliphatic hydroxyl groups is 1. The number of aliphatic hydroxyl groups excluding tert-OH is 1. The molecular formula is C11H9N3O3. The van der Waals surface area contributed by atoms with Crippen LogP contribution < -0.4 is 0 Å². The first-order chi connectivity index (χ1) is 8.22. The molecule has 0 atom stereocenters. The minimum absolute atomic E-state index is 0.162. The third-order valence-corrected chi connectivity index (χ3v) is 2.20. The fourth-order valence-electron chi connectivity index (χ4n) is 1.43. The Kier molecular flexibility index (Phi) is 3.06. The van der Waals surface area contributed by atoms with Gasteiger partial charge in [0.15, 0.2) is 11.5 Å². The van der Waals surface area contributed by atoms with Gasteiger partial charge in [0.05, 0.1) is 4.92 Å². The van der Waals surface area contributed by atoms with Crippen LogP contribution in [0.25, 0.3) is 11.3 Å². The molecule has 0 fully saturated rings. The number of nitrogens with zero attached hydrogens (tertiary/aromatic N) is 3. The summed E-state index contributed by atoms with van der Waals surface area (Å²) in [6.45, 7) is -0.349. The lowest BCUT2D eigenvalue weighted by Gasteiger charge is -2.03. The van der Waals surface area contributed by atoms with Crippen molar-refractivity contribution in [2.24, 2.45) is 0 Å². The van der Waals surface area contributed by atoms with Crippen LogP contribution in [0.2, 0.25) is 0 Å². The highest BCUT2D eigenvalue weighted by atomic mass is 16.6. The van der Waals surface area contributed by atoms with E-state index in [0.29, 0.717) is 5.56 Å². The van der Waals surface area contributed by atoms with Crippen LogP contribution in [0, 0.1) is 10.1 Å². The highest BCUT2D eigenvalue weighted by Crippen LogP contribution is 2.26. The van der Waals surface area contributed by atoms with E-state index in [1.807, 2.05) is 6.07 Å². The van der Waals surface area contributed by atoms with Gasteiger partial charge in [-0.1, -0.05) is 30.3 Å². The van der Waals surface area contributed by atoms with Gasteiger partial charge < -0.3 is 5.11 Å². The van der Waals surface area contributed by atoms with Crippen LogP contribution in [0.1, 0.15) is 5.82 Å². The maximum absolute atomic E-state index is 10.9. The molecule has 0 radical (unpaired) electrons. The molecule has 0 bridgehead atoms. The zero-order valence-electron chi connectivity index (χ0n) is 8.78. The lowest BCUT2D eigenvalue weighted by Crippen LogP contribution is -2.01. The van der Waals surface area contributed by atoms with Gasteiger partial charge in [-0.05, 0) is 0 Å². The average Bonchev–Trinajstić information content (AvgIpc) is 2.39. The molecular weight excluding hydrogens is 222 g/mol. The van der Waals surface area contributed by atoms with Gasteiger partial charge in [-0.3, -0.25) is 10.1 Å². The van der Waals surface area contributed by atoms with Crippen molar-refractivity contribution in [2.75, 3.05) is 0 Å². The molecule has 0 unspecified atom stereocenters. The lowest BCUT2D eigenvalue weighted by molar-refractivity contribution is -0.384. The van der Waals surface area contributed by atoms with Crippen LogP contribution in [0.3, 0.4) is 0 Å². The second kappa shape index (κ2) is 4.67. The van der Waals surface area contributed by atoms with Crippen LogP contribution in [0.15, 0.2) is 36.5 Å². The molecule has 0 amide bonds. The quantitative estimate of drug-likeness (QED) is 0.639. The van der Waals surface area contributed by atoms with Crippen LogP contribution in [-0.2, 0) is 6.61 Å². The molecule has 86 valence electrons. The van der Waals surface area contributed by atoms with Gasteiger partial charge in [-0.2, -0.15) is 0 Å². The van der Waals surface area contributed by atoms with Crippen molar-refractivity contribution in [2.45, 2.75) is 6.61 Å². The molecule has 1 heterocycles. The Hall–Kier alpha value is -2.34. The van der Waals surface area contributed by atoms with Gasteiger partial charge in [-0.15, -0.1) is 0 Å². The van der Waals surface area contributed by atoms with E-state index in [1.54, 1.807) is 24.3 Å². The predicted molar refractivity (Wildman–Crippen MR) is 60.0 cm³/mol. The number of hydrogen-bond donors (Lipinski definition) is 1. The van der Waals surface area contributed by atoms with E-state index < -0.39 is 4.92 Å². The third kappa shape index (κ3) is 2.26. The van der Waals surface area contributed by atoms with Gasteiger partial charge in [0.2, 0.25) is 0 Å². The zero-order chi connectivity index (χ0) is 12.3. The summed E-state index contributed by atoms with van der Waals surface area (Å²) in [7, 11) is 0. The van der Waals surface area contributed by atoms with E-state index >= 15 is 0 Å². The molecule has 1 aromatic carbocycles. The molecule has 1 aromatic heterocycles. The minimum Gasteiger partial charge on any atom is -0.388 e. The van der Waals surface area contributed by atoms with Crippen molar-refractivity contribution < 1.29 is 10.0 Å². The van der Waals surface area contributed by atoms with Crippen molar-refractivity contribution in [3.8, 4) is 11.3 Å². The summed E-state index contributed by atoms with van der Waals surface area (Å²) in [4.78, 5) is 18.0. The Balaban J connectivity index is 2.61. The van der Waals surface area contributed by atoms with Crippen LogP contribution in [0.5, 0.6) is 0 Å². The molecule has 2 rings (SSSR count). The molecule has 1 N–H and O–H groups in total. The van der Waals surface area contributed by atoms with Gasteiger partial charge in [0.25, 0.3) is 0 Å². The van der Waals surface area contributed by atoms with Gasteiger partial charge in [0.1, 0.15) is 12.8 Å². The smallest absolute Gasteiger partial charge is 0.313 e. The maximum Gasteiger partial charge on any atom is 0.313 e. The van der Waals surface area contributed by atoms with Crippen molar-refractivity contribution >= 4 is 5.69 Å². The maximum atomic E-state index is 10.9. The molecule has 0 saturated heterocycles. The average molecular weight is 231 g/mol. The first-order valence-electron chi connectivity index (χ1n) is 4.89. The summed E-state index contributed by atoms with van der Waals surface area (Å²) in [5.74, 6) is 0.162. The third-order valence-electron chi connectivity index (χ3n) is 2.20. The number of aromatic nitrogens is 2. The fraction of sp³-hybridized carbons (Fsp3) is 0.0909. The normalized spacial score (nSPS) is 10.2. The molecule has 0 saturated carbocycles. The summed E-state index contributed by atoms with van der Waals surface area (Å²) in [6.07, 6.45) is 1.11. The summed E-state index contributed by atoms with van der Waals surface area (Å²) >= 11 is 0. The Morgan fingerprint density at radius 1 is 1.29 bits per heavy atom. The topological polar surface area (TPSA) is 89.2 Å². The second-order valence-electron chi connectivity index (χ2n) is 3.30. The summed E-state index contributed by atoms with van der Waals surface area (Å²) in [6, 6.07) is 8.77. The van der Waals surface area contributed by atoms with Gasteiger partial charge >= 0.3 is 5.69 Å². The number of nitro groups is 1. The Bertz CT molecular complexity index is 543. The van der Waals surface area contributed by atoms with Crippen molar-refractivity contribution in [1.82, 2.24) is 9.97 Å². The highest BCUT2D eigenvalue weighted by Gasteiger charge is 2.18. The Labute approximate surface area is 96.7 Å². The predicted octanol–water partition coefficient (Wildman–Crippen LogP) is 1.54. The van der Waals surface area contributed by atoms with Crippen LogP contribution in [-0.4, -0.2) is 20.0 Å². The molecule has 6 nitrogen and oxygen atoms in total. The molecule has 0 aliphatic carbocycles. The largest absolute Gasteiger partial charge is 0.388 e. The molecule has 2 aromatic rings. The molecule has 17 heavy (non-hydrogen) atoms. The minimum atomic E-state index is -0.538. The standard InChI is InChI=1S/C11H9N3O3/c15-7-10-12-6-9(14(16)17)11(13-10)8-4-2-1-3-5-8/h1-6,15H,7H2. The molecule has 0 spiro atoms. The van der Waals surface area contributed by atoms with E-state index in [2.05, 4.69) is 9.97 Å². The van der Waals surface area contributed by atoms with E-state index in [-0.39, 0.29) is 23.8 Å². The van der Waals surface area contributed by atoms with Crippen molar-refractivity contribution in [1.29, 1.82) is 0 Å². The summed E-state index contributed by atoms with van der Waals surface area (Å²) < 4.78 is 0. The fourth-order valence-corrected chi connectivity index (χ4v) is 1.43. The Morgan fingerprint density at radius 2 is 2.00 bits per heavy atom. The Morgan fingerprint density at radius 3 is 2.59 bits per heavy atom. The van der Waals surface area contributed by atoms with E-state index in [4.69, 9.17) is 5.11 Å². The number of rotatable bonds is 3. The van der Waals surface area contributed by atoms with E-state index in [0.717, 1.165) is 6.20 Å². The van der Waals surface area contributed by atoms with E-state index in [1.165, 1.54) is 0 Å². The molecule has 0 aliphatic heterocycles. The number of hydrogen-bond acceptors (Lipinski definition) is 5. The second-order valence-corrected chi connectivity index (χ2v) is 3.30. The first-order valence-corrected chi connectivity index (χ1v) is 4.89. The van der Waals surface area contributed by atoms with Crippen LogP contribution in [0.4, 0.5) is 5.69 Å². The number of benzene rings is 1. The summed E-state index contributed by atoms with van der Waals surface area (Å²) in [5, 5.41) is 19.8. The first kappa shape index (κ1) is 11.2. The van der Waals surface area contributed by atoms with Gasteiger partial charge in [0, 0.05) is 5.56 Å². The SMILES string of the molecule is O=[N+]([O-])c1cnc(CO)nc1-c1ccccc1. The summed E-state index contributed by atoms with van der Waals surface area (Å²) in [5.41, 5.74) is 0.666. The lowest BCUT2D eigenvalue weighted by atomic mass is 10.1.